The molecule has 1 aliphatic carbocycles. The van der Waals surface area contributed by atoms with Crippen LogP contribution in [0.4, 0.5) is 0 Å². The van der Waals surface area contributed by atoms with Gasteiger partial charge < -0.3 is 15.0 Å². The first-order chi connectivity index (χ1) is 10.1. The van der Waals surface area contributed by atoms with Crippen LogP contribution in [0.2, 0.25) is 0 Å². The second-order valence-corrected chi connectivity index (χ2v) is 6.31. The summed E-state index contributed by atoms with van der Waals surface area (Å²) in [6.07, 6.45) is 4.46. The van der Waals surface area contributed by atoms with Crippen molar-refractivity contribution in [1.29, 1.82) is 0 Å². The van der Waals surface area contributed by atoms with E-state index in [1.54, 1.807) is 0 Å². The lowest BCUT2D eigenvalue weighted by Gasteiger charge is -2.36. The van der Waals surface area contributed by atoms with Crippen LogP contribution in [-0.2, 0) is 13.5 Å². The maximum atomic E-state index is 10.9. The van der Waals surface area contributed by atoms with E-state index in [2.05, 4.69) is 22.9 Å². The third-order valence-electron chi connectivity index (χ3n) is 4.78. The molecule has 1 aromatic heterocycles. The van der Waals surface area contributed by atoms with Gasteiger partial charge in [0.1, 0.15) is 5.82 Å². The molecule has 2 N–H and O–H groups in total. The van der Waals surface area contributed by atoms with Crippen molar-refractivity contribution >= 4 is 11.0 Å². The molecule has 1 aliphatic rings. The molecule has 1 aromatic carbocycles. The van der Waals surface area contributed by atoms with Gasteiger partial charge in [0.05, 0.1) is 16.6 Å². The highest BCUT2D eigenvalue weighted by molar-refractivity contribution is 5.75. The number of rotatable bonds is 4. The van der Waals surface area contributed by atoms with Gasteiger partial charge in [-0.15, -0.1) is 0 Å². The fourth-order valence-corrected chi connectivity index (χ4v) is 3.47. The summed E-state index contributed by atoms with van der Waals surface area (Å²) in [5.41, 5.74) is 1.55. The zero-order valence-electron chi connectivity index (χ0n) is 13.0. The lowest BCUT2D eigenvalue weighted by Crippen LogP contribution is -2.43. The summed E-state index contributed by atoms with van der Waals surface area (Å²) in [4.78, 5) is 4.69. The van der Waals surface area contributed by atoms with Crippen LogP contribution in [0.15, 0.2) is 24.3 Å². The largest absolute Gasteiger partial charge is 0.389 e. The Morgan fingerprint density at radius 3 is 2.71 bits per heavy atom. The maximum Gasteiger partial charge on any atom is 0.112 e. The number of imidazole rings is 1. The van der Waals surface area contributed by atoms with E-state index in [0.717, 1.165) is 49.1 Å². The fraction of sp³-hybridized carbons (Fsp3) is 0.588. The van der Waals surface area contributed by atoms with E-state index in [-0.39, 0.29) is 0 Å². The molecule has 0 unspecified atom stereocenters. The standard InChI is InChI=1S/C17H25N3O/c1-3-18-13-8-10-17(21,11-9-13)12-16-19-14-6-4-5-7-15(14)20(16)2/h4-7,13,18,21H,3,8-12H2,1-2H3. The number of aliphatic hydroxyl groups is 1. The van der Waals surface area contributed by atoms with Crippen LogP contribution >= 0.6 is 0 Å². The predicted octanol–water partition coefficient (Wildman–Crippen LogP) is 2.40. The van der Waals surface area contributed by atoms with Crippen LogP contribution in [0.1, 0.15) is 38.4 Å². The van der Waals surface area contributed by atoms with E-state index >= 15 is 0 Å². The summed E-state index contributed by atoms with van der Waals surface area (Å²) < 4.78 is 2.11. The SMILES string of the molecule is CCNC1CCC(O)(Cc2nc3ccccc3n2C)CC1. The Bertz CT molecular complexity index is 612. The van der Waals surface area contributed by atoms with E-state index in [9.17, 15) is 5.11 Å². The molecule has 1 fully saturated rings. The molecule has 21 heavy (non-hydrogen) atoms. The molecule has 2 aromatic rings. The number of aryl methyl sites for hydroxylation is 1. The van der Waals surface area contributed by atoms with Crippen LogP contribution in [-0.4, -0.2) is 32.8 Å². The van der Waals surface area contributed by atoms with Gasteiger partial charge in [0.2, 0.25) is 0 Å². The molecule has 0 radical (unpaired) electrons. The van der Waals surface area contributed by atoms with Crippen molar-refractivity contribution < 1.29 is 5.11 Å². The van der Waals surface area contributed by atoms with Gasteiger partial charge in [-0.25, -0.2) is 4.98 Å². The molecule has 0 saturated heterocycles. The lowest BCUT2D eigenvalue weighted by molar-refractivity contribution is -0.00498. The van der Waals surface area contributed by atoms with Gasteiger partial charge in [-0.2, -0.15) is 0 Å². The predicted molar refractivity (Wildman–Crippen MR) is 85.3 cm³/mol. The molecule has 0 atom stereocenters. The molecular weight excluding hydrogens is 262 g/mol. The fourth-order valence-electron chi connectivity index (χ4n) is 3.47. The zero-order chi connectivity index (χ0) is 14.9. The Kier molecular flexibility index (Phi) is 4.00. The van der Waals surface area contributed by atoms with Gasteiger partial charge in [-0.3, -0.25) is 0 Å². The molecule has 1 heterocycles. The third kappa shape index (κ3) is 2.97. The van der Waals surface area contributed by atoms with E-state index in [1.807, 2.05) is 25.2 Å². The summed E-state index contributed by atoms with van der Waals surface area (Å²) in [6.45, 7) is 3.15. The van der Waals surface area contributed by atoms with Crippen molar-refractivity contribution in [2.24, 2.45) is 7.05 Å². The van der Waals surface area contributed by atoms with Crippen LogP contribution in [0.5, 0.6) is 0 Å². The number of fused-ring (bicyclic) bond motifs is 1. The van der Waals surface area contributed by atoms with Crippen molar-refractivity contribution in [3.8, 4) is 0 Å². The molecule has 3 rings (SSSR count). The number of hydrogen-bond donors (Lipinski definition) is 2. The van der Waals surface area contributed by atoms with E-state index in [1.165, 1.54) is 0 Å². The highest BCUT2D eigenvalue weighted by atomic mass is 16.3. The quantitative estimate of drug-likeness (QED) is 0.908. The first-order valence-corrected chi connectivity index (χ1v) is 7.97. The van der Waals surface area contributed by atoms with Gasteiger partial charge in [0.25, 0.3) is 0 Å². The maximum absolute atomic E-state index is 10.9. The normalized spacial score (nSPS) is 26.3. The molecule has 114 valence electrons. The molecule has 4 nitrogen and oxygen atoms in total. The number of hydrogen-bond acceptors (Lipinski definition) is 3. The summed E-state index contributed by atoms with van der Waals surface area (Å²) in [7, 11) is 2.04. The minimum atomic E-state index is -0.596. The number of nitrogens with one attached hydrogen (secondary N) is 1. The lowest BCUT2D eigenvalue weighted by atomic mass is 9.80. The minimum absolute atomic E-state index is 0.565. The first-order valence-electron chi connectivity index (χ1n) is 7.97. The average molecular weight is 287 g/mol. The number of aromatic nitrogens is 2. The van der Waals surface area contributed by atoms with Crippen LogP contribution in [0.3, 0.4) is 0 Å². The topological polar surface area (TPSA) is 50.1 Å². The van der Waals surface area contributed by atoms with E-state index < -0.39 is 5.60 Å². The Labute approximate surface area is 126 Å². The number of para-hydroxylation sites is 2. The summed E-state index contributed by atoms with van der Waals surface area (Å²) in [5.74, 6) is 0.987. The zero-order valence-corrected chi connectivity index (χ0v) is 13.0. The third-order valence-corrected chi connectivity index (χ3v) is 4.78. The van der Waals surface area contributed by atoms with Crippen molar-refractivity contribution in [2.45, 2.75) is 50.7 Å². The molecule has 0 aliphatic heterocycles. The van der Waals surface area contributed by atoms with Crippen molar-refractivity contribution in [3.05, 3.63) is 30.1 Å². The highest BCUT2D eigenvalue weighted by Crippen LogP contribution is 2.31. The molecule has 0 spiro atoms. The average Bonchev–Trinajstić information content (AvgIpc) is 2.79. The van der Waals surface area contributed by atoms with Gasteiger partial charge >= 0.3 is 0 Å². The van der Waals surface area contributed by atoms with Crippen molar-refractivity contribution in [3.63, 3.8) is 0 Å². The molecule has 0 bridgehead atoms. The Morgan fingerprint density at radius 1 is 1.33 bits per heavy atom. The smallest absolute Gasteiger partial charge is 0.112 e. The summed E-state index contributed by atoms with van der Waals surface area (Å²) in [5, 5.41) is 14.4. The van der Waals surface area contributed by atoms with Gasteiger partial charge in [-0.05, 0) is 44.4 Å². The van der Waals surface area contributed by atoms with Gasteiger partial charge in [0, 0.05) is 19.5 Å². The molecule has 1 saturated carbocycles. The number of nitrogens with zero attached hydrogens (tertiary/aromatic N) is 2. The molecular formula is C17H25N3O. The van der Waals surface area contributed by atoms with Crippen molar-refractivity contribution in [1.82, 2.24) is 14.9 Å². The van der Waals surface area contributed by atoms with Gasteiger partial charge in [-0.1, -0.05) is 19.1 Å². The Morgan fingerprint density at radius 2 is 2.05 bits per heavy atom. The van der Waals surface area contributed by atoms with Crippen molar-refractivity contribution in [2.75, 3.05) is 6.54 Å². The van der Waals surface area contributed by atoms with Crippen LogP contribution in [0, 0.1) is 0 Å². The summed E-state index contributed by atoms with van der Waals surface area (Å²) >= 11 is 0. The first kappa shape index (κ1) is 14.5. The second-order valence-electron chi connectivity index (χ2n) is 6.31. The minimum Gasteiger partial charge on any atom is -0.389 e. The molecule has 4 heteroatoms. The summed E-state index contributed by atoms with van der Waals surface area (Å²) in [6, 6.07) is 8.72. The highest BCUT2D eigenvalue weighted by Gasteiger charge is 2.34. The van der Waals surface area contributed by atoms with Crippen LogP contribution in [0.25, 0.3) is 11.0 Å². The number of benzene rings is 1. The van der Waals surface area contributed by atoms with Crippen LogP contribution < -0.4 is 5.32 Å². The van der Waals surface area contributed by atoms with E-state index in [0.29, 0.717) is 12.5 Å². The second kappa shape index (κ2) is 5.78. The van der Waals surface area contributed by atoms with E-state index in [4.69, 9.17) is 4.98 Å². The Balaban J connectivity index is 1.74. The Hall–Kier alpha value is -1.39. The van der Waals surface area contributed by atoms with Gasteiger partial charge in [0.15, 0.2) is 0 Å². The monoisotopic (exact) mass is 287 g/mol. The molecule has 0 amide bonds.